The molecule has 0 saturated carbocycles. The van der Waals surface area contributed by atoms with Crippen LogP contribution in [0.2, 0.25) is 0 Å². The third-order valence-electron chi connectivity index (χ3n) is 20.1. The maximum atomic E-state index is 7.78. The monoisotopic (exact) mass is 941 g/mol. The van der Waals surface area contributed by atoms with Crippen molar-refractivity contribution in [3.63, 3.8) is 0 Å². The summed E-state index contributed by atoms with van der Waals surface area (Å²) in [6.07, 6.45) is 9.25. The van der Waals surface area contributed by atoms with Crippen LogP contribution in [0.15, 0.2) is 89.3 Å². The van der Waals surface area contributed by atoms with E-state index in [4.69, 9.17) is 4.42 Å². The summed E-state index contributed by atoms with van der Waals surface area (Å²) in [6.45, 7) is 42.0. The van der Waals surface area contributed by atoms with Gasteiger partial charge in [0.25, 0.3) is 6.71 Å². The van der Waals surface area contributed by atoms with Gasteiger partial charge in [0, 0.05) is 33.7 Å². The fraction of sp³-hybridized carbons (Fsp3) is 0.493. The van der Waals surface area contributed by atoms with Gasteiger partial charge in [-0.2, -0.15) is 0 Å². The van der Waals surface area contributed by atoms with E-state index in [1.165, 1.54) is 138 Å². The Balaban J connectivity index is 1.25. The number of rotatable bonds is 3. The summed E-state index contributed by atoms with van der Waals surface area (Å²) in [5, 5.41) is 0. The molecule has 12 rings (SSSR count). The molecule has 5 aromatic carbocycles. The smallest absolute Gasteiger partial charge is 0.256 e. The molecule has 2 aliphatic heterocycles. The van der Waals surface area contributed by atoms with Crippen molar-refractivity contribution >= 4 is 57.4 Å². The van der Waals surface area contributed by atoms with Crippen LogP contribution in [0.3, 0.4) is 0 Å². The zero-order valence-electron chi connectivity index (χ0n) is 46.6. The number of aryl methyl sites for hydroxylation is 1. The largest absolute Gasteiger partial charge is 0.444 e. The molecule has 0 saturated heterocycles. The number of hydrogen-bond acceptors (Lipinski definition) is 3. The van der Waals surface area contributed by atoms with Crippen molar-refractivity contribution in [3.05, 3.63) is 135 Å². The van der Waals surface area contributed by atoms with E-state index in [9.17, 15) is 0 Å². The van der Waals surface area contributed by atoms with Gasteiger partial charge in [0.2, 0.25) is 0 Å². The van der Waals surface area contributed by atoms with Gasteiger partial charge in [-0.25, -0.2) is 0 Å². The maximum absolute atomic E-state index is 7.78. The van der Waals surface area contributed by atoms with Crippen LogP contribution in [0.25, 0.3) is 11.1 Å². The predicted octanol–water partition coefficient (Wildman–Crippen LogP) is 16.7. The lowest BCUT2D eigenvalue weighted by Crippen LogP contribution is -2.63. The van der Waals surface area contributed by atoms with E-state index < -0.39 is 0 Å². The standard InChI is InChI=1S/C67H81BN2O/c1-40-33-53-56-54(34-40)70(51-38-48-46(62(6,7)27-29-64(48,10)11)36-43(51)41-21-19-18-20-22-41)52-39-49-47(63(8,9)28-30-65(49,12)13)37-50(52)68(56)57-55-58(67(16,17)32-31-66(55,14)15)71-59(57)69(53)42-23-24-44-45(35-42)61(4,5)26-25-60(44,2)3/h18-24,33-39H,25-32H2,1-17H3. The molecule has 71 heavy (non-hydrogen) atoms. The molecular weight excluding hydrogens is 860 g/mol. The molecule has 3 nitrogen and oxygen atoms in total. The van der Waals surface area contributed by atoms with E-state index in [0.29, 0.717) is 0 Å². The van der Waals surface area contributed by atoms with Crippen LogP contribution in [0.1, 0.15) is 212 Å². The second-order valence-corrected chi connectivity index (χ2v) is 28.9. The zero-order valence-corrected chi connectivity index (χ0v) is 46.6. The molecule has 0 unspecified atom stereocenters. The molecule has 0 radical (unpaired) electrons. The lowest BCUT2D eigenvalue weighted by molar-refractivity contribution is 0.280. The summed E-state index contributed by atoms with van der Waals surface area (Å²) in [4.78, 5) is 5.38. The summed E-state index contributed by atoms with van der Waals surface area (Å²) < 4.78 is 7.78. The van der Waals surface area contributed by atoms with Crippen LogP contribution in [0.5, 0.6) is 0 Å². The number of hydrogen-bond donors (Lipinski definition) is 0. The minimum atomic E-state index is -0.111. The molecule has 1 aromatic heterocycles. The molecule has 0 spiro atoms. The quantitative estimate of drug-likeness (QED) is 0.165. The molecule has 0 amide bonds. The molecule has 0 atom stereocenters. The number of benzene rings is 5. The first-order valence-corrected chi connectivity index (χ1v) is 27.6. The van der Waals surface area contributed by atoms with Gasteiger partial charge in [0.15, 0.2) is 5.88 Å². The normalized spacial score (nSPS) is 22.5. The van der Waals surface area contributed by atoms with Gasteiger partial charge < -0.3 is 9.32 Å². The average Bonchev–Trinajstić information content (AvgIpc) is 3.72. The summed E-state index contributed by atoms with van der Waals surface area (Å²) in [7, 11) is 0. The van der Waals surface area contributed by atoms with Crippen molar-refractivity contribution in [2.45, 2.75) is 212 Å². The Morgan fingerprint density at radius 1 is 0.408 bits per heavy atom. The molecule has 6 aromatic rings. The molecule has 6 aliphatic rings. The van der Waals surface area contributed by atoms with E-state index in [1.807, 2.05) is 0 Å². The third kappa shape index (κ3) is 6.73. The van der Waals surface area contributed by atoms with Crippen LogP contribution in [-0.4, -0.2) is 6.71 Å². The summed E-state index contributed by atoms with van der Waals surface area (Å²) in [6, 6.07) is 34.6. The van der Waals surface area contributed by atoms with Gasteiger partial charge in [0.05, 0.1) is 5.69 Å². The lowest BCUT2D eigenvalue weighted by Gasteiger charge is -2.48. The SMILES string of the molecule is Cc1cc2c3c(c1)N(c1ccc4c(c1)C(C)(C)CCC4(C)C)c1oc4c(c1B3c1cc3c(cc1N2c1cc2c(cc1-c1ccccc1)C(C)(C)CCC2(C)C)C(C)(C)CCC3(C)C)C(C)(C)CCC4(C)C. The van der Waals surface area contributed by atoms with Crippen LogP contribution < -0.4 is 26.2 Å². The first-order chi connectivity index (χ1) is 33.0. The van der Waals surface area contributed by atoms with Crippen LogP contribution >= 0.6 is 0 Å². The van der Waals surface area contributed by atoms with Gasteiger partial charge >= 0.3 is 0 Å². The van der Waals surface area contributed by atoms with E-state index in [0.717, 1.165) is 25.1 Å². The molecule has 4 heteroatoms. The number of furan rings is 1. The molecule has 0 fully saturated rings. The van der Waals surface area contributed by atoms with Gasteiger partial charge in [-0.1, -0.05) is 153 Å². The fourth-order valence-corrected chi connectivity index (χ4v) is 14.9. The lowest BCUT2D eigenvalue weighted by atomic mass is 9.32. The van der Waals surface area contributed by atoms with E-state index in [-0.39, 0.29) is 50.0 Å². The Hall–Kier alpha value is -4.96. The molecule has 4 aliphatic carbocycles. The Kier molecular flexibility index (Phi) is 9.70. The summed E-state index contributed by atoms with van der Waals surface area (Å²) in [5.74, 6) is 2.21. The Labute approximate surface area is 428 Å². The Morgan fingerprint density at radius 2 is 0.873 bits per heavy atom. The van der Waals surface area contributed by atoms with Crippen LogP contribution in [0, 0.1) is 6.92 Å². The Bertz CT molecular complexity index is 3240. The number of fused-ring (bicyclic) bond motifs is 9. The van der Waals surface area contributed by atoms with Crippen molar-refractivity contribution in [2.75, 3.05) is 9.80 Å². The molecule has 0 N–H and O–H groups in total. The minimum absolute atomic E-state index is 0.0221. The first-order valence-electron chi connectivity index (χ1n) is 27.6. The van der Waals surface area contributed by atoms with Crippen molar-refractivity contribution in [1.29, 1.82) is 0 Å². The van der Waals surface area contributed by atoms with E-state index in [1.54, 1.807) is 0 Å². The number of nitrogens with zero attached hydrogens (tertiary/aromatic N) is 2. The maximum Gasteiger partial charge on any atom is 0.256 e. The topological polar surface area (TPSA) is 19.6 Å². The molecule has 3 heterocycles. The first kappa shape index (κ1) is 47.1. The van der Waals surface area contributed by atoms with E-state index >= 15 is 0 Å². The van der Waals surface area contributed by atoms with Crippen molar-refractivity contribution < 1.29 is 4.42 Å². The molecule has 368 valence electrons. The molecular formula is C67H81BN2O. The van der Waals surface area contributed by atoms with Crippen molar-refractivity contribution in [1.82, 2.24) is 0 Å². The van der Waals surface area contributed by atoms with Crippen LogP contribution in [0.4, 0.5) is 34.3 Å². The second kappa shape index (κ2) is 14.6. The van der Waals surface area contributed by atoms with Crippen molar-refractivity contribution in [2.24, 2.45) is 0 Å². The second-order valence-electron chi connectivity index (χ2n) is 28.9. The van der Waals surface area contributed by atoms with Gasteiger partial charge in [-0.15, -0.1) is 0 Å². The highest BCUT2D eigenvalue weighted by Crippen LogP contribution is 2.58. The fourth-order valence-electron chi connectivity index (χ4n) is 14.9. The molecule has 0 bridgehead atoms. The predicted molar refractivity (Wildman–Crippen MR) is 304 cm³/mol. The highest BCUT2D eigenvalue weighted by molar-refractivity contribution is 7.00. The summed E-state index contributed by atoms with van der Waals surface area (Å²) >= 11 is 0. The Morgan fingerprint density at radius 3 is 1.45 bits per heavy atom. The van der Waals surface area contributed by atoms with Gasteiger partial charge in [-0.3, -0.25) is 4.90 Å². The highest BCUT2D eigenvalue weighted by atomic mass is 16.4. The summed E-state index contributed by atoms with van der Waals surface area (Å²) in [5.41, 5.74) is 24.9. The number of anilines is 6. The third-order valence-corrected chi connectivity index (χ3v) is 20.1. The minimum Gasteiger partial charge on any atom is -0.444 e. The average molecular weight is 941 g/mol. The van der Waals surface area contributed by atoms with Crippen molar-refractivity contribution in [3.8, 4) is 11.1 Å². The van der Waals surface area contributed by atoms with Gasteiger partial charge in [-0.05, 0) is 205 Å². The zero-order chi connectivity index (χ0) is 50.5. The van der Waals surface area contributed by atoms with E-state index in [2.05, 4.69) is 212 Å². The van der Waals surface area contributed by atoms with Crippen LogP contribution in [-0.2, 0) is 43.3 Å². The van der Waals surface area contributed by atoms with Gasteiger partial charge in [0.1, 0.15) is 5.76 Å². The highest BCUT2D eigenvalue weighted by Gasteiger charge is 2.54.